The largest absolute Gasteiger partial charge is 0.235 e. The van der Waals surface area contributed by atoms with Gasteiger partial charge >= 0.3 is 0 Å². The zero-order chi connectivity index (χ0) is 10.8. The first-order chi connectivity index (χ1) is 7.16. The Morgan fingerprint density at radius 2 is 1.87 bits per heavy atom. The Hall–Kier alpha value is -0.200. The van der Waals surface area contributed by atoms with Crippen LogP contribution in [-0.2, 0) is 0 Å². The molecule has 5 heteroatoms. The Balaban J connectivity index is 2.45. The summed E-state index contributed by atoms with van der Waals surface area (Å²) in [6, 6.07) is 7.79. The van der Waals surface area contributed by atoms with E-state index in [1.807, 2.05) is 24.3 Å². The second-order valence-electron chi connectivity index (χ2n) is 2.84. The SMILES string of the molecule is Clc1nc(-c2ccc(Br)cc2)ncc1I. The van der Waals surface area contributed by atoms with Crippen molar-refractivity contribution >= 4 is 50.1 Å². The minimum atomic E-state index is 0.489. The predicted molar refractivity (Wildman–Crippen MR) is 72.9 cm³/mol. The number of halogens is 3. The molecule has 0 spiro atoms. The molecule has 76 valence electrons. The van der Waals surface area contributed by atoms with Crippen LogP contribution in [0.25, 0.3) is 11.4 Å². The van der Waals surface area contributed by atoms with E-state index in [9.17, 15) is 0 Å². The molecular formula is C10H5BrClIN2. The summed E-state index contributed by atoms with van der Waals surface area (Å²) in [5, 5.41) is 0.489. The second-order valence-corrected chi connectivity index (χ2v) is 5.28. The van der Waals surface area contributed by atoms with E-state index in [1.54, 1.807) is 6.20 Å². The fourth-order valence-corrected chi connectivity index (χ4v) is 1.74. The molecule has 0 radical (unpaired) electrons. The highest BCUT2D eigenvalue weighted by Crippen LogP contribution is 2.21. The predicted octanol–water partition coefficient (Wildman–Crippen LogP) is 4.16. The summed E-state index contributed by atoms with van der Waals surface area (Å²) >= 11 is 11.4. The van der Waals surface area contributed by atoms with Crippen LogP contribution >= 0.6 is 50.1 Å². The van der Waals surface area contributed by atoms with Gasteiger partial charge < -0.3 is 0 Å². The fraction of sp³-hybridized carbons (Fsp3) is 0. The van der Waals surface area contributed by atoms with E-state index in [1.165, 1.54) is 0 Å². The molecule has 0 fully saturated rings. The first-order valence-electron chi connectivity index (χ1n) is 4.11. The van der Waals surface area contributed by atoms with E-state index in [4.69, 9.17) is 11.6 Å². The van der Waals surface area contributed by atoms with Crippen LogP contribution in [-0.4, -0.2) is 9.97 Å². The molecule has 0 saturated carbocycles. The van der Waals surface area contributed by atoms with Gasteiger partial charge in [-0.15, -0.1) is 0 Å². The molecule has 0 amide bonds. The van der Waals surface area contributed by atoms with Crippen molar-refractivity contribution in [2.24, 2.45) is 0 Å². The zero-order valence-electron chi connectivity index (χ0n) is 7.42. The standard InChI is InChI=1S/C10H5BrClIN2/c11-7-3-1-6(2-4-7)10-14-5-8(13)9(12)15-10/h1-5H. The average molecular weight is 395 g/mol. The van der Waals surface area contributed by atoms with Crippen molar-refractivity contribution in [2.75, 3.05) is 0 Å². The van der Waals surface area contributed by atoms with Gasteiger partial charge in [0.2, 0.25) is 0 Å². The van der Waals surface area contributed by atoms with E-state index in [0.717, 1.165) is 13.6 Å². The van der Waals surface area contributed by atoms with Gasteiger partial charge in [0.25, 0.3) is 0 Å². The minimum Gasteiger partial charge on any atom is -0.235 e. The zero-order valence-corrected chi connectivity index (χ0v) is 11.9. The number of hydrogen-bond acceptors (Lipinski definition) is 2. The van der Waals surface area contributed by atoms with E-state index < -0.39 is 0 Å². The first-order valence-corrected chi connectivity index (χ1v) is 6.36. The number of aromatic nitrogens is 2. The van der Waals surface area contributed by atoms with Crippen LogP contribution in [0, 0.1) is 3.57 Å². The van der Waals surface area contributed by atoms with E-state index in [-0.39, 0.29) is 0 Å². The third kappa shape index (κ3) is 2.68. The quantitative estimate of drug-likeness (QED) is 0.535. The van der Waals surface area contributed by atoms with Crippen LogP contribution in [0.1, 0.15) is 0 Å². The van der Waals surface area contributed by atoms with Crippen LogP contribution in [0.4, 0.5) is 0 Å². The Bertz CT molecular complexity index is 487. The van der Waals surface area contributed by atoms with Crippen molar-refractivity contribution in [3.8, 4) is 11.4 Å². The molecule has 1 heterocycles. The lowest BCUT2D eigenvalue weighted by Crippen LogP contribution is -1.90. The molecule has 1 aromatic carbocycles. The summed E-state index contributed by atoms with van der Waals surface area (Å²) in [5.41, 5.74) is 0.955. The lowest BCUT2D eigenvalue weighted by Gasteiger charge is -2.01. The van der Waals surface area contributed by atoms with Crippen molar-refractivity contribution in [2.45, 2.75) is 0 Å². The van der Waals surface area contributed by atoms with Gasteiger partial charge in [-0.25, -0.2) is 9.97 Å². The van der Waals surface area contributed by atoms with Crippen molar-refractivity contribution in [3.63, 3.8) is 0 Å². The Labute approximate surface area is 114 Å². The molecule has 2 rings (SSSR count). The molecular weight excluding hydrogens is 390 g/mol. The maximum absolute atomic E-state index is 5.93. The molecule has 0 saturated heterocycles. The Morgan fingerprint density at radius 3 is 2.47 bits per heavy atom. The molecule has 0 aliphatic carbocycles. The molecule has 0 aliphatic rings. The number of rotatable bonds is 1. The monoisotopic (exact) mass is 394 g/mol. The van der Waals surface area contributed by atoms with Gasteiger partial charge in [0.15, 0.2) is 5.82 Å². The maximum atomic E-state index is 5.93. The van der Waals surface area contributed by atoms with Crippen LogP contribution in [0.3, 0.4) is 0 Å². The minimum absolute atomic E-state index is 0.489. The summed E-state index contributed by atoms with van der Waals surface area (Å²) in [5.74, 6) is 0.646. The molecule has 0 N–H and O–H groups in total. The smallest absolute Gasteiger partial charge is 0.160 e. The highest BCUT2D eigenvalue weighted by molar-refractivity contribution is 14.1. The van der Waals surface area contributed by atoms with Gasteiger partial charge in [-0.3, -0.25) is 0 Å². The third-order valence-electron chi connectivity index (χ3n) is 1.80. The topological polar surface area (TPSA) is 25.8 Å². The van der Waals surface area contributed by atoms with E-state index in [2.05, 4.69) is 48.5 Å². The second kappa shape index (κ2) is 4.76. The van der Waals surface area contributed by atoms with Crippen LogP contribution in [0.2, 0.25) is 5.15 Å². The van der Waals surface area contributed by atoms with E-state index >= 15 is 0 Å². The van der Waals surface area contributed by atoms with Gasteiger partial charge in [-0.05, 0) is 34.7 Å². The van der Waals surface area contributed by atoms with Crippen molar-refractivity contribution < 1.29 is 0 Å². The lowest BCUT2D eigenvalue weighted by molar-refractivity contribution is 1.16. The summed E-state index contributed by atoms with van der Waals surface area (Å²) in [7, 11) is 0. The van der Waals surface area contributed by atoms with Crippen LogP contribution in [0.15, 0.2) is 34.9 Å². The molecule has 15 heavy (non-hydrogen) atoms. The first kappa shape index (κ1) is 11.3. The molecule has 2 aromatic rings. The Kier molecular flexibility index (Phi) is 3.58. The van der Waals surface area contributed by atoms with E-state index in [0.29, 0.717) is 11.0 Å². The number of benzene rings is 1. The van der Waals surface area contributed by atoms with Crippen molar-refractivity contribution in [3.05, 3.63) is 43.7 Å². The molecule has 2 nitrogen and oxygen atoms in total. The summed E-state index contributed by atoms with van der Waals surface area (Å²) in [4.78, 5) is 8.42. The van der Waals surface area contributed by atoms with Gasteiger partial charge in [-0.2, -0.15) is 0 Å². The number of nitrogens with zero attached hydrogens (tertiary/aromatic N) is 2. The summed E-state index contributed by atoms with van der Waals surface area (Å²) in [6.45, 7) is 0. The third-order valence-corrected chi connectivity index (χ3v) is 3.73. The van der Waals surface area contributed by atoms with Crippen molar-refractivity contribution in [1.29, 1.82) is 0 Å². The van der Waals surface area contributed by atoms with Gasteiger partial charge in [0.05, 0.1) is 3.57 Å². The summed E-state index contributed by atoms with van der Waals surface area (Å²) in [6.07, 6.45) is 1.72. The van der Waals surface area contributed by atoms with Crippen LogP contribution in [0.5, 0.6) is 0 Å². The normalized spacial score (nSPS) is 10.3. The molecule has 0 unspecified atom stereocenters. The highest BCUT2D eigenvalue weighted by Gasteiger charge is 2.04. The average Bonchev–Trinajstić information content (AvgIpc) is 2.23. The maximum Gasteiger partial charge on any atom is 0.160 e. The Morgan fingerprint density at radius 1 is 1.20 bits per heavy atom. The van der Waals surface area contributed by atoms with Crippen molar-refractivity contribution in [1.82, 2.24) is 9.97 Å². The number of hydrogen-bond donors (Lipinski definition) is 0. The molecule has 1 aromatic heterocycles. The summed E-state index contributed by atoms with van der Waals surface area (Å²) < 4.78 is 1.89. The highest BCUT2D eigenvalue weighted by atomic mass is 127. The van der Waals surface area contributed by atoms with Crippen LogP contribution < -0.4 is 0 Å². The van der Waals surface area contributed by atoms with Gasteiger partial charge in [0, 0.05) is 16.2 Å². The molecule has 0 aliphatic heterocycles. The van der Waals surface area contributed by atoms with Gasteiger partial charge in [0.1, 0.15) is 5.15 Å². The fourth-order valence-electron chi connectivity index (χ4n) is 1.08. The molecule has 0 bridgehead atoms. The molecule has 0 atom stereocenters. The van der Waals surface area contributed by atoms with Gasteiger partial charge in [-0.1, -0.05) is 39.7 Å². The lowest BCUT2D eigenvalue weighted by atomic mass is 10.2.